The SMILES string of the molecule is Cc1cc(OCC(=O)O[C@H](C)C(=O)NCc2ccc3c(c2)OCO3)ccc1C(C)C. The molecule has 3 rings (SSSR count). The van der Waals surface area contributed by atoms with Crippen LogP contribution in [0.5, 0.6) is 17.2 Å². The molecule has 0 saturated heterocycles. The fourth-order valence-electron chi connectivity index (χ4n) is 3.20. The smallest absolute Gasteiger partial charge is 0.344 e. The van der Waals surface area contributed by atoms with E-state index in [0.717, 1.165) is 11.1 Å². The highest BCUT2D eigenvalue weighted by atomic mass is 16.7. The van der Waals surface area contributed by atoms with Crippen molar-refractivity contribution < 1.29 is 28.5 Å². The first kappa shape index (κ1) is 21.5. The topological polar surface area (TPSA) is 83.1 Å². The van der Waals surface area contributed by atoms with Crippen LogP contribution >= 0.6 is 0 Å². The highest BCUT2D eigenvalue weighted by Crippen LogP contribution is 2.32. The Morgan fingerprint density at radius 1 is 1.07 bits per heavy atom. The van der Waals surface area contributed by atoms with Crippen LogP contribution < -0.4 is 19.5 Å². The molecular weight excluding hydrogens is 386 g/mol. The van der Waals surface area contributed by atoms with Crippen LogP contribution in [0.3, 0.4) is 0 Å². The molecule has 0 saturated carbocycles. The van der Waals surface area contributed by atoms with E-state index in [1.807, 2.05) is 31.2 Å². The number of ether oxygens (including phenoxy) is 4. The first-order valence-electron chi connectivity index (χ1n) is 9.92. The summed E-state index contributed by atoms with van der Waals surface area (Å²) in [6, 6.07) is 11.2. The van der Waals surface area contributed by atoms with Gasteiger partial charge in [0.25, 0.3) is 5.91 Å². The van der Waals surface area contributed by atoms with Crippen molar-refractivity contribution >= 4 is 11.9 Å². The van der Waals surface area contributed by atoms with Gasteiger partial charge in [-0.2, -0.15) is 0 Å². The summed E-state index contributed by atoms with van der Waals surface area (Å²) >= 11 is 0. The second kappa shape index (κ2) is 9.52. The molecule has 7 nitrogen and oxygen atoms in total. The van der Waals surface area contributed by atoms with Gasteiger partial charge in [-0.15, -0.1) is 0 Å². The standard InChI is InChI=1S/C23H27NO6/c1-14(2)19-7-6-18(9-15(19)3)27-12-22(25)30-16(4)23(26)24-11-17-5-8-20-21(10-17)29-13-28-20/h5-10,14,16H,11-13H2,1-4H3,(H,24,26)/t16-/m1/s1. The first-order valence-corrected chi connectivity index (χ1v) is 9.92. The van der Waals surface area contributed by atoms with Crippen LogP contribution in [0, 0.1) is 6.92 Å². The van der Waals surface area contributed by atoms with Crippen LogP contribution in [-0.4, -0.2) is 31.4 Å². The lowest BCUT2D eigenvalue weighted by Gasteiger charge is -2.15. The van der Waals surface area contributed by atoms with Gasteiger partial charge in [-0.05, 0) is 60.7 Å². The third-order valence-electron chi connectivity index (χ3n) is 4.80. The molecule has 1 aliphatic rings. The fraction of sp³-hybridized carbons (Fsp3) is 0.391. The first-order chi connectivity index (χ1) is 14.3. The van der Waals surface area contributed by atoms with Crippen molar-refractivity contribution in [3.8, 4) is 17.2 Å². The number of benzene rings is 2. The summed E-state index contributed by atoms with van der Waals surface area (Å²) in [5.41, 5.74) is 3.19. The summed E-state index contributed by atoms with van der Waals surface area (Å²) in [5.74, 6) is 1.34. The number of aryl methyl sites for hydroxylation is 1. The molecule has 0 aromatic heterocycles. The number of carbonyl (C=O) groups excluding carboxylic acids is 2. The van der Waals surface area contributed by atoms with Crippen LogP contribution in [0.1, 0.15) is 43.4 Å². The minimum Gasteiger partial charge on any atom is -0.482 e. The van der Waals surface area contributed by atoms with Crippen molar-refractivity contribution in [1.29, 1.82) is 0 Å². The van der Waals surface area contributed by atoms with E-state index in [1.54, 1.807) is 12.1 Å². The molecule has 1 atom stereocenters. The molecule has 0 fully saturated rings. The minimum absolute atomic E-state index is 0.196. The quantitative estimate of drug-likeness (QED) is 0.667. The van der Waals surface area contributed by atoms with Crippen LogP contribution in [-0.2, 0) is 20.9 Å². The lowest BCUT2D eigenvalue weighted by atomic mass is 9.98. The third-order valence-corrected chi connectivity index (χ3v) is 4.80. The van der Waals surface area contributed by atoms with Gasteiger partial charge < -0.3 is 24.3 Å². The summed E-state index contributed by atoms with van der Waals surface area (Å²) in [4.78, 5) is 24.3. The van der Waals surface area contributed by atoms with E-state index >= 15 is 0 Å². The lowest BCUT2D eigenvalue weighted by Crippen LogP contribution is -2.36. The maximum Gasteiger partial charge on any atom is 0.344 e. The number of hydrogen-bond acceptors (Lipinski definition) is 6. The summed E-state index contributed by atoms with van der Waals surface area (Å²) in [6.45, 7) is 8.00. The predicted octanol–water partition coefficient (Wildman–Crippen LogP) is 3.47. The maximum atomic E-state index is 12.2. The molecule has 0 radical (unpaired) electrons. The molecule has 160 valence electrons. The van der Waals surface area contributed by atoms with E-state index in [9.17, 15) is 9.59 Å². The van der Waals surface area contributed by atoms with Crippen molar-refractivity contribution in [2.75, 3.05) is 13.4 Å². The zero-order valence-electron chi connectivity index (χ0n) is 17.7. The highest BCUT2D eigenvalue weighted by Gasteiger charge is 2.19. The minimum atomic E-state index is -0.930. The van der Waals surface area contributed by atoms with Gasteiger partial charge in [0.05, 0.1) is 0 Å². The van der Waals surface area contributed by atoms with Gasteiger partial charge in [0.2, 0.25) is 6.79 Å². The summed E-state index contributed by atoms with van der Waals surface area (Å²) in [6.07, 6.45) is -0.930. The van der Waals surface area contributed by atoms with Gasteiger partial charge in [-0.1, -0.05) is 26.0 Å². The van der Waals surface area contributed by atoms with E-state index in [-0.39, 0.29) is 19.9 Å². The molecule has 1 aliphatic heterocycles. The Kier molecular flexibility index (Phi) is 6.82. The van der Waals surface area contributed by atoms with Crippen molar-refractivity contribution in [3.63, 3.8) is 0 Å². The Labute approximate surface area is 176 Å². The molecule has 0 bridgehead atoms. The largest absolute Gasteiger partial charge is 0.482 e. The molecular formula is C23H27NO6. The Bertz CT molecular complexity index is 924. The fourth-order valence-corrected chi connectivity index (χ4v) is 3.20. The van der Waals surface area contributed by atoms with Crippen LogP contribution in [0.25, 0.3) is 0 Å². The van der Waals surface area contributed by atoms with Gasteiger partial charge in [0, 0.05) is 6.54 Å². The van der Waals surface area contributed by atoms with Gasteiger partial charge in [0.1, 0.15) is 5.75 Å². The molecule has 0 spiro atoms. The molecule has 1 heterocycles. The Balaban J connectivity index is 1.43. The van der Waals surface area contributed by atoms with Gasteiger partial charge in [-0.3, -0.25) is 4.79 Å². The number of rotatable bonds is 8. The molecule has 1 N–H and O–H groups in total. The van der Waals surface area contributed by atoms with E-state index in [2.05, 4.69) is 19.2 Å². The number of esters is 1. The second-order valence-corrected chi connectivity index (χ2v) is 7.50. The number of amides is 1. The monoisotopic (exact) mass is 413 g/mol. The van der Waals surface area contributed by atoms with E-state index in [1.165, 1.54) is 12.5 Å². The van der Waals surface area contributed by atoms with Gasteiger partial charge in [-0.25, -0.2) is 4.79 Å². The Morgan fingerprint density at radius 3 is 2.57 bits per heavy atom. The van der Waals surface area contributed by atoms with Crippen LogP contribution in [0.2, 0.25) is 0 Å². The van der Waals surface area contributed by atoms with Crippen molar-refractivity contribution in [2.45, 2.75) is 46.3 Å². The molecule has 7 heteroatoms. The molecule has 0 unspecified atom stereocenters. The molecule has 2 aromatic carbocycles. The summed E-state index contributed by atoms with van der Waals surface area (Å²) < 4.78 is 21.2. The number of fused-ring (bicyclic) bond motifs is 1. The number of carbonyl (C=O) groups is 2. The zero-order chi connectivity index (χ0) is 21.7. The second-order valence-electron chi connectivity index (χ2n) is 7.50. The Hall–Kier alpha value is -3.22. The summed E-state index contributed by atoms with van der Waals surface area (Å²) in [7, 11) is 0. The average molecular weight is 413 g/mol. The molecule has 0 aliphatic carbocycles. The van der Waals surface area contributed by atoms with Gasteiger partial charge in [0.15, 0.2) is 24.2 Å². The normalized spacial score (nSPS) is 13.1. The number of hydrogen-bond donors (Lipinski definition) is 1. The van der Waals surface area contributed by atoms with Crippen molar-refractivity contribution in [1.82, 2.24) is 5.32 Å². The predicted molar refractivity (Wildman–Crippen MR) is 111 cm³/mol. The lowest BCUT2D eigenvalue weighted by molar-refractivity contribution is -0.156. The maximum absolute atomic E-state index is 12.2. The third kappa shape index (κ3) is 5.43. The zero-order valence-corrected chi connectivity index (χ0v) is 17.7. The average Bonchev–Trinajstić information content (AvgIpc) is 3.18. The number of nitrogens with one attached hydrogen (secondary N) is 1. The van der Waals surface area contributed by atoms with Gasteiger partial charge >= 0.3 is 5.97 Å². The molecule has 2 aromatic rings. The summed E-state index contributed by atoms with van der Waals surface area (Å²) in [5, 5.41) is 2.74. The van der Waals surface area contributed by atoms with Crippen LogP contribution in [0.4, 0.5) is 0 Å². The van der Waals surface area contributed by atoms with E-state index < -0.39 is 18.0 Å². The van der Waals surface area contributed by atoms with Crippen molar-refractivity contribution in [3.05, 3.63) is 53.1 Å². The highest BCUT2D eigenvalue weighted by molar-refractivity contribution is 5.83. The Morgan fingerprint density at radius 2 is 1.83 bits per heavy atom. The van der Waals surface area contributed by atoms with Crippen molar-refractivity contribution in [2.24, 2.45) is 0 Å². The molecule has 1 amide bonds. The molecule has 30 heavy (non-hydrogen) atoms. The van der Waals surface area contributed by atoms with E-state index in [0.29, 0.717) is 23.2 Å². The van der Waals surface area contributed by atoms with E-state index in [4.69, 9.17) is 18.9 Å². The van der Waals surface area contributed by atoms with Crippen LogP contribution in [0.15, 0.2) is 36.4 Å².